The molecule has 8 heteroatoms. The SMILES string of the molecule is COc1ccc(C(=O)N(CCN(C)C)c2nc3c(Cl)cccc3s2)cc1OC. The number of likely N-dealkylation sites (N-methyl/N-ethyl adjacent to an activating group) is 1. The van der Waals surface area contributed by atoms with Gasteiger partial charge >= 0.3 is 0 Å². The Morgan fingerprint density at radius 3 is 2.50 bits per heavy atom. The van der Waals surface area contributed by atoms with E-state index in [-0.39, 0.29) is 5.91 Å². The van der Waals surface area contributed by atoms with Gasteiger partial charge in [0.1, 0.15) is 5.52 Å². The van der Waals surface area contributed by atoms with Gasteiger partial charge in [-0.2, -0.15) is 0 Å². The molecule has 1 heterocycles. The molecule has 0 aliphatic heterocycles. The molecule has 0 unspecified atom stereocenters. The molecule has 6 nitrogen and oxygen atoms in total. The summed E-state index contributed by atoms with van der Waals surface area (Å²) in [5.74, 6) is 0.928. The molecule has 0 aliphatic carbocycles. The summed E-state index contributed by atoms with van der Waals surface area (Å²) in [5, 5.41) is 1.19. The molecule has 0 radical (unpaired) electrons. The highest BCUT2D eigenvalue weighted by molar-refractivity contribution is 7.22. The molecule has 0 N–H and O–H groups in total. The van der Waals surface area contributed by atoms with Gasteiger partial charge < -0.3 is 14.4 Å². The van der Waals surface area contributed by atoms with Crippen molar-refractivity contribution in [1.82, 2.24) is 9.88 Å². The van der Waals surface area contributed by atoms with E-state index in [0.29, 0.717) is 45.8 Å². The van der Waals surface area contributed by atoms with Crippen LogP contribution in [0.3, 0.4) is 0 Å². The third kappa shape index (κ3) is 4.22. The number of fused-ring (bicyclic) bond motifs is 1. The Morgan fingerprint density at radius 2 is 1.86 bits per heavy atom. The van der Waals surface area contributed by atoms with E-state index in [1.54, 1.807) is 43.4 Å². The van der Waals surface area contributed by atoms with Gasteiger partial charge in [0.15, 0.2) is 16.6 Å². The number of methoxy groups -OCH3 is 2. The highest BCUT2D eigenvalue weighted by atomic mass is 35.5. The van der Waals surface area contributed by atoms with E-state index in [0.717, 1.165) is 4.70 Å². The van der Waals surface area contributed by atoms with Crippen molar-refractivity contribution >= 4 is 44.2 Å². The number of benzene rings is 2. The molecule has 1 aromatic heterocycles. The number of halogens is 1. The fourth-order valence-corrected chi connectivity index (χ4v) is 4.02. The maximum atomic E-state index is 13.3. The summed E-state index contributed by atoms with van der Waals surface area (Å²) in [6, 6.07) is 10.8. The monoisotopic (exact) mass is 419 g/mol. The fraction of sp³-hybridized carbons (Fsp3) is 0.300. The summed E-state index contributed by atoms with van der Waals surface area (Å²) < 4.78 is 11.5. The molecular formula is C20H22ClN3O3S. The van der Waals surface area contributed by atoms with Crippen LogP contribution in [0.2, 0.25) is 5.02 Å². The summed E-state index contributed by atoms with van der Waals surface area (Å²) >= 11 is 7.72. The molecule has 0 atom stereocenters. The zero-order chi connectivity index (χ0) is 20.3. The average Bonchev–Trinajstić information content (AvgIpc) is 3.12. The van der Waals surface area contributed by atoms with Crippen molar-refractivity contribution in [2.24, 2.45) is 0 Å². The number of hydrogen-bond donors (Lipinski definition) is 0. The van der Waals surface area contributed by atoms with Gasteiger partial charge in [-0.1, -0.05) is 29.0 Å². The van der Waals surface area contributed by atoms with Crippen LogP contribution in [0, 0.1) is 0 Å². The molecule has 0 saturated carbocycles. The van der Waals surface area contributed by atoms with Crippen LogP contribution in [0.1, 0.15) is 10.4 Å². The average molecular weight is 420 g/mol. The molecule has 0 aliphatic rings. The van der Waals surface area contributed by atoms with Gasteiger partial charge in [0.2, 0.25) is 0 Å². The van der Waals surface area contributed by atoms with Gasteiger partial charge in [0.25, 0.3) is 5.91 Å². The van der Waals surface area contributed by atoms with Crippen molar-refractivity contribution in [3.8, 4) is 11.5 Å². The number of para-hydroxylation sites is 1. The van der Waals surface area contributed by atoms with Gasteiger partial charge in [-0.15, -0.1) is 0 Å². The quantitative estimate of drug-likeness (QED) is 0.575. The Balaban J connectivity index is 2.01. The van der Waals surface area contributed by atoms with Gasteiger partial charge in [0, 0.05) is 18.7 Å². The van der Waals surface area contributed by atoms with E-state index in [2.05, 4.69) is 4.98 Å². The Bertz CT molecular complexity index is 990. The maximum Gasteiger partial charge on any atom is 0.260 e. The predicted molar refractivity (Wildman–Crippen MR) is 114 cm³/mol. The topological polar surface area (TPSA) is 54.9 Å². The molecule has 1 amide bonds. The first-order chi connectivity index (χ1) is 13.4. The van der Waals surface area contributed by atoms with Crippen LogP contribution in [0.15, 0.2) is 36.4 Å². The summed E-state index contributed by atoms with van der Waals surface area (Å²) in [4.78, 5) is 21.7. The van der Waals surface area contributed by atoms with Crippen LogP contribution < -0.4 is 14.4 Å². The van der Waals surface area contributed by atoms with Crippen LogP contribution in [0.4, 0.5) is 5.13 Å². The smallest absolute Gasteiger partial charge is 0.260 e. The minimum Gasteiger partial charge on any atom is -0.493 e. The Labute approximate surface area is 173 Å². The van der Waals surface area contributed by atoms with E-state index in [4.69, 9.17) is 21.1 Å². The molecule has 0 fully saturated rings. The van der Waals surface area contributed by atoms with Crippen LogP contribution in [-0.4, -0.2) is 57.2 Å². The van der Waals surface area contributed by atoms with Gasteiger partial charge in [-0.3, -0.25) is 9.69 Å². The number of carbonyl (C=O) groups is 1. The molecule has 0 bridgehead atoms. The predicted octanol–water partition coefficient (Wildman–Crippen LogP) is 4.18. The zero-order valence-corrected chi connectivity index (χ0v) is 17.8. The standard InChI is InChI=1S/C20H22ClN3O3S/c1-23(2)10-11-24(20-22-18-14(21)6-5-7-17(18)28-20)19(25)13-8-9-15(26-3)16(12-13)27-4/h5-9,12H,10-11H2,1-4H3. The zero-order valence-electron chi connectivity index (χ0n) is 16.2. The lowest BCUT2D eigenvalue weighted by Gasteiger charge is -2.22. The number of nitrogens with zero attached hydrogens (tertiary/aromatic N) is 3. The first-order valence-corrected chi connectivity index (χ1v) is 9.87. The minimum atomic E-state index is -0.155. The van der Waals surface area contributed by atoms with E-state index >= 15 is 0 Å². The van der Waals surface area contributed by atoms with Crippen molar-refractivity contribution in [3.05, 3.63) is 47.0 Å². The van der Waals surface area contributed by atoms with Crippen LogP contribution >= 0.6 is 22.9 Å². The Kier molecular flexibility index (Phi) is 6.39. The number of hydrogen-bond acceptors (Lipinski definition) is 6. The lowest BCUT2D eigenvalue weighted by atomic mass is 10.1. The number of thiazole rings is 1. The number of aromatic nitrogens is 1. The number of rotatable bonds is 7. The van der Waals surface area contributed by atoms with Crippen LogP contribution in [0.25, 0.3) is 10.2 Å². The number of ether oxygens (including phenoxy) is 2. The second kappa shape index (κ2) is 8.77. The molecule has 148 valence electrons. The summed E-state index contributed by atoms with van der Waals surface area (Å²) in [6.45, 7) is 1.19. The van der Waals surface area contributed by atoms with E-state index < -0.39 is 0 Å². The third-order valence-corrected chi connectivity index (χ3v) is 5.58. The van der Waals surface area contributed by atoms with Gasteiger partial charge in [-0.25, -0.2) is 4.98 Å². The highest BCUT2D eigenvalue weighted by Gasteiger charge is 2.23. The van der Waals surface area contributed by atoms with Crippen molar-refractivity contribution in [2.45, 2.75) is 0 Å². The van der Waals surface area contributed by atoms with E-state index in [9.17, 15) is 4.79 Å². The summed E-state index contributed by atoms with van der Waals surface area (Å²) in [7, 11) is 7.04. The fourth-order valence-electron chi connectivity index (χ4n) is 2.73. The number of amides is 1. The maximum absolute atomic E-state index is 13.3. The van der Waals surface area contributed by atoms with Crippen LogP contribution in [-0.2, 0) is 0 Å². The number of carbonyl (C=O) groups excluding carboxylic acids is 1. The molecule has 3 rings (SSSR count). The lowest BCUT2D eigenvalue weighted by Crippen LogP contribution is -2.36. The van der Waals surface area contributed by atoms with Crippen molar-refractivity contribution < 1.29 is 14.3 Å². The Morgan fingerprint density at radius 1 is 1.11 bits per heavy atom. The molecule has 2 aromatic carbocycles. The second-order valence-electron chi connectivity index (χ2n) is 6.41. The minimum absolute atomic E-state index is 0.155. The van der Waals surface area contributed by atoms with Gasteiger partial charge in [0.05, 0.1) is 23.9 Å². The molecule has 0 spiro atoms. The Hall–Kier alpha value is -2.35. The van der Waals surface area contributed by atoms with Crippen LogP contribution in [0.5, 0.6) is 11.5 Å². The summed E-state index contributed by atoms with van der Waals surface area (Å²) in [6.07, 6.45) is 0. The largest absolute Gasteiger partial charge is 0.493 e. The van der Waals surface area contributed by atoms with Crippen molar-refractivity contribution in [3.63, 3.8) is 0 Å². The van der Waals surface area contributed by atoms with E-state index in [1.807, 2.05) is 31.1 Å². The third-order valence-electron chi connectivity index (χ3n) is 4.24. The van der Waals surface area contributed by atoms with Crippen molar-refractivity contribution in [2.75, 3.05) is 46.3 Å². The molecular weight excluding hydrogens is 398 g/mol. The highest BCUT2D eigenvalue weighted by Crippen LogP contribution is 2.34. The molecule has 3 aromatic rings. The second-order valence-corrected chi connectivity index (χ2v) is 7.83. The summed E-state index contributed by atoms with van der Waals surface area (Å²) in [5.41, 5.74) is 1.21. The van der Waals surface area contributed by atoms with Gasteiger partial charge in [-0.05, 0) is 44.4 Å². The van der Waals surface area contributed by atoms with Crippen molar-refractivity contribution in [1.29, 1.82) is 0 Å². The first-order valence-electron chi connectivity index (χ1n) is 8.68. The first kappa shape index (κ1) is 20.4. The van der Waals surface area contributed by atoms with E-state index in [1.165, 1.54) is 11.3 Å². The number of anilines is 1. The molecule has 0 saturated heterocycles. The lowest BCUT2D eigenvalue weighted by molar-refractivity contribution is 0.0985. The molecule has 28 heavy (non-hydrogen) atoms. The normalized spacial score (nSPS) is 11.1.